The number of hydrogen-bond acceptors (Lipinski definition) is 2. The average molecular weight is 1410 g/mol. The summed E-state index contributed by atoms with van der Waals surface area (Å²) >= 11 is 0. The van der Waals surface area contributed by atoms with Crippen molar-refractivity contribution in [2.75, 3.05) is 9.80 Å². The van der Waals surface area contributed by atoms with Crippen LogP contribution in [0.5, 0.6) is 0 Å². The van der Waals surface area contributed by atoms with E-state index in [2.05, 4.69) is 382 Å². The zero-order chi connectivity index (χ0) is 73.2. The lowest BCUT2D eigenvalue weighted by molar-refractivity contribution is 0.220. The number of fused-ring (bicyclic) bond motifs is 10. The predicted octanol–water partition coefficient (Wildman–Crippen LogP) is 26.1. The summed E-state index contributed by atoms with van der Waals surface area (Å²) in [6.45, 7) is 14.5. The first-order valence-electron chi connectivity index (χ1n) is 40.0. The molecule has 5 heteroatoms. The Hall–Kier alpha value is -11.7. The molecule has 109 heavy (non-hydrogen) atoms. The maximum absolute atomic E-state index is 3.03. The number of benzene rings is 13. The molecular formula is C104H91BN4. The maximum Gasteiger partial charge on any atom is 0.252 e. The lowest BCUT2D eigenvalue weighted by atomic mass is 9.33. The van der Waals surface area contributed by atoms with E-state index >= 15 is 0 Å². The predicted molar refractivity (Wildman–Crippen MR) is 465 cm³/mol. The van der Waals surface area contributed by atoms with Crippen LogP contribution in [0.1, 0.15) is 98.5 Å². The van der Waals surface area contributed by atoms with Gasteiger partial charge in [0.15, 0.2) is 0 Å². The normalized spacial score (nSPS) is 17.7. The zero-order valence-electron chi connectivity index (χ0n) is 63.4. The molecule has 0 saturated carbocycles. The van der Waals surface area contributed by atoms with Crippen molar-refractivity contribution in [3.05, 3.63) is 338 Å². The number of rotatable bonds is 11. The Kier molecular flexibility index (Phi) is 16.3. The summed E-state index contributed by atoms with van der Waals surface area (Å²) in [4.78, 5) is 5.83. The molecule has 15 aromatic rings. The second kappa shape index (κ2) is 26.6. The zero-order valence-corrected chi connectivity index (χ0v) is 63.4. The summed E-state index contributed by atoms with van der Waals surface area (Å²) in [6.07, 6.45) is 19.6. The fraction of sp³-hybridized carbons (Fsp3) is 0.192. The summed E-state index contributed by atoms with van der Waals surface area (Å²) in [5, 5.41) is 5.02. The lowest BCUT2D eigenvalue weighted by Crippen LogP contribution is -2.64. The summed E-state index contributed by atoms with van der Waals surface area (Å²) in [5.74, 6) is 0.983. The highest BCUT2D eigenvalue weighted by Crippen LogP contribution is 2.56. The molecule has 4 heterocycles. The topological polar surface area (TPSA) is 16.3 Å². The molecule has 0 fully saturated rings. The van der Waals surface area contributed by atoms with Crippen molar-refractivity contribution < 1.29 is 0 Å². The quantitative estimate of drug-likeness (QED) is 0.0948. The van der Waals surface area contributed by atoms with Crippen molar-refractivity contribution in [2.45, 2.75) is 104 Å². The van der Waals surface area contributed by atoms with E-state index in [1.54, 1.807) is 11.1 Å². The molecule has 0 radical (unpaired) electrons. The summed E-state index contributed by atoms with van der Waals surface area (Å²) in [5.41, 5.74) is 33.4. The fourth-order valence-corrected chi connectivity index (χ4v) is 19.7. The molecule has 2 aromatic heterocycles. The molecule has 2 aliphatic heterocycles. The van der Waals surface area contributed by atoms with Crippen LogP contribution in [0.4, 0.5) is 28.4 Å². The van der Waals surface area contributed by atoms with E-state index in [9.17, 15) is 0 Å². The van der Waals surface area contributed by atoms with Gasteiger partial charge in [-0.05, 0) is 237 Å². The second-order valence-corrected chi connectivity index (χ2v) is 33.7. The number of anilines is 5. The van der Waals surface area contributed by atoms with Gasteiger partial charge in [-0.3, -0.25) is 0 Å². The van der Waals surface area contributed by atoms with Gasteiger partial charge in [0.2, 0.25) is 0 Å². The molecular weight excluding hydrogens is 1320 g/mol. The SMILES string of the molecule is CC(C)(C)c1cc(-c2ccccc2)c(N2c3cc(-n4c5ccccc5c5ccccc54)ccc3B3c4ccc(-n5c6ccccc6c6ccccc65)cc4N(C4C(C5CC=CCC5)=CC(C(C)(C)C)CC4C4=CCCCC4)c4cc(-c5cc(-c6ccccc6)cc(-c6ccccc6)c5)cc2c43)c(-c2ccccc2)c1. The molecule has 5 aliphatic rings. The summed E-state index contributed by atoms with van der Waals surface area (Å²) in [7, 11) is 0. The van der Waals surface area contributed by atoms with Crippen LogP contribution < -0.4 is 26.2 Å². The van der Waals surface area contributed by atoms with Gasteiger partial charge in [0.05, 0.1) is 33.8 Å². The fourth-order valence-electron chi connectivity index (χ4n) is 19.7. The molecule has 3 aliphatic carbocycles. The van der Waals surface area contributed by atoms with Crippen molar-refractivity contribution in [1.82, 2.24) is 9.13 Å². The van der Waals surface area contributed by atoms with Crippen LogP contribution in [0.25, 0.3) is 111 Å². The van der Waals surface area contributed by atoms with Crippen LogP contribution in [-0.2, 0) is 5.41 Å². The van der Waals surface area contributed by atoms with Crippen LogP contribution in [0.3, 0.4) is 0 Å². The maximum atomic E-state index is 3.03. The molecule has 4 nitrogen and oxygen atoms in total. The molecule has 0 spiro atoms. The first-order chi connectivity index (χ1) is 53.4. The van der Waals surface area contributed by atoms with E-state index in [-0.39, 0.29) is 29.5 Å². The van der Waals surface area contributed by atoms with Crippen molar-refractivity contribution in [2.24, 2.45) is 23.2 Å². The third-order valence-electron chi connectivity index (χ3n) is 25.2. The standard InChI is InChI=1S/C104H91BN4/c1-103(2,3)78-62-86(70-37-17-9-18-38-70)101(87(63-78)71-39-19-10-20-40-71)108-96-66-80(106-92-49-29-25-45-82(92)83-46-26-30-50-93(83)106)53-55-90(96)105-91-56-54-81(107-94-51-31-27-47-84(94)85-48-28-32-52-95(85)107)67-97(91)109(102-88(72-41-21-11-22-42-72)64-79(104(4,5)6)65-89(102)73-43-23-12-24-44-73)99-61-77(60-98(108)100(99)105)76-58-74(68-33-13-7-14-34-68)57-75(59-76)69-35-15-8-16-36-69/h7-11,13-21,25-40,43,45-64,66-67,72,79,89,102H,12,22-24,41-42,44,65H2,1-6H3. The second-order valence-electron chi connectivity index (χ2n) is 33.7. The van der Waals surface area contributed by atoms with Crippen LogP contribution in [-0.4, -0.2) is 21.9 Å². The van der Waals surface area contributed by atoms with E-state index in [4.69, 9.17) is 0 Å². The molecule has 0 saturated heterocycles. The van der Waals surface area contributed by atoms with Crippen LogP contribution in [0.15, 0.2) is 333 Å². The van der Waals surface area contributed by atoms with Crippen molar-refractivity contribution in [3.8, 4) is 67.0 Å². The third kappa shape index (κ3) is 11.4. The molecule has 20 rings (SSSR count). The number of aromatic nitrogens is 2. The molecule has 4 atom stereocenters. The number of para-hydroxylation sites is 4. The van der Waals surface area contributed by atoms with Crippen molar-refractivity contribution in [3.63, 3.8) is 0 Å². The highest BCUT2D eigenvalue weighted by molar-refractivity contribution is 7.00. The Balaban J connectivity index is 0.979. The average Bonchev–Trinajstić information content (AvgIpc) is 1.17. The molecule has 0 amide bonds. The van der Waals surface area contributed by atoms with Crippen LogP contribution in [0, 0.1) is 23.2 Å². The summed E-state index contributed by atoms with van der Waals surface area (Å²) < 4.78 is 5.11. The Labute approximate surface area is 642 Å². The van der Waals surface area contributed by atoms with E-state index in [1.165, 1.54) is 157 Å². The van der Waals surface area contributed by atoms with E-state index in [0.29, 0.717) is 11.8 Å². The Bertz CT molecular complexity index is 5950. The van der Waals surface area contributed by atoms with Gasteiger partial charge in [0.25, 0.3) is 6.71 Å². The Morgan fingerprint density at radius 2 is 0.853 bits per heavy atom. The summed E-state index contributed by atoms with van der Waals surface area (Å²) in [6, 6.07) is 114. The largest absolute Gasteiger partial charge is 0.334 e. The highest BCUT2D eigenvalue weighted by Gasteiger charge is 2.51. The molecule has 4 unspecified atom stereocenters. The minimum absolute atomic E-state index is 0.0132. The van der Waals surface area contributed by atoms with Crippen LogP contribution in [0.2, 0.25) is 0 Å². The lowest BCUT2D eigenvalue weighted by Gasteiger charge is -2.53. The first-order valence-corrected chi connectivity index (χ1v) is 40.0. The molecule has 13 aromatic carbocycles. The minimum atomic E-state index is -0.205. The molecule has 0 bridgehead atoms. The van der Waals surface area contributed by atoms with Gasteiger partial charge in [-0.2, -0.15) is 0 Å². The van der Waals surface area contributed by atoms with Gasteiger partial charge in [-0.1, -0.05) is 278 Å². The van der Waals surface area contributed by atoms with Gasteiger partial charge < -0.3 is 18.9 Å². The highest BCUT2D eigenvalue weighted by atomic mass is 15.2. The van der Waals surface area contributed by atoms with Crippen molar-refractivity contribution >= 4 is 95.1 Å². The Morgan fingerprint density at radius 3 is 1.33 bits per heavy atom. The minimum Gasteiger partial charge on any atom is -0.334 e. The smallest absolute Gasteiger partial charge is 0.252 e. The van der Waals surface area contributed by atoms with Crippen molar-refractivity contribution in [1.29, 1.82) is 0 Å². The first kappa shape index (κ1) is 66.8. The Morgan fingerprint density at radius 1 is 0.394 bits per heavy atom. The van der Waals surface area contributed by atoms with Gasteiger partial charge in [-0.25, -0.2) is 0 Å². The van der Waals surface area contributed by atoms with Gasteiger partial charge in [-0.15, -0.1) is 0 Å². The molecule has 530 valence electrons. The van der Waals surface area contributed by atoms with Gasteiger partial charge in [0.1, 0.15) is 0 Å². The molecule has 0 N–H and O–H groups in total. The van der Waals surface area contributed by atoms with Gasteiger partial charge >= 0.3 is 0 Å². The van der Waals surface area contributed by atoms with E-state index in [1.807, 2.05) is 0 Å². The third-order valence-corrected chi connectivity index (χ3v) is 25.2. The van der Waals surface area contributed by atoms with E-state index < -0.39 is 0 Å². The number of hydrogen-bond donors (Lipinski definition) is 0. The monoisotopic (exact) mass is 1410 g/mol. The number of nitrogens with zero attached hydrogens (tertiary/aromatic N) is 4. The number of allylic oxidation sites excluding steroid dienone is 4. The van der Waals surface area contributed by atoms with E-state index in [0.717, 1.165) is 55.6 Å². The van der Waals surface area contributed by atoms with Crippen LogP contribution >= 0.6 is 0 Å². The van der Waals surface area contributed by atoms with Gasteiger partial charge in [0, 0.05) is 72.7 Å².